The molecule has 0 aromatic heterocycles. The number of Topliss-reactive ketones (excluding diaryl/α,β-unsaturated/α-hetero) is 1. The Morgan fingerprint density at radius 3 is 2.20 bits per heavy atom. The molecule has 1 saturated heterocycles. The highest BCUT2D eigenvalue weighted by atomic mass is 16.6. The molecule has 0 aliphatic carbocycles. The van der Waals surface area contributed by atoms with Gasteiger partial charge in [0.1, 0.15) is 25.9 Å². The topological polar surface area (TPSA) is 116 Å². The lowest BCUT2D eigenvalue weighted by Crippen LogP contribution is -2.50. The second kappa shape index (κ2) is 13.4. The number of rotatable bonds is 11. The number of methoxy groups -OCH3 is 3. The average Bonchev–Trinajstić information content (AvgIpc) is 2.98. The van der Waals surface area contributed by atoms with Crippen LogP contribution in [-0.2, 0) is 4.79 Å². The second-order valence-electron chi connectivity index (χ2n) is 9.41. The third-order valence-corrected chi connectivity index (χ3v) is 6.72. The smallest absolute Gasteiger partial charge is 0.246 e. The molecular formula is C29H36N2O9. The Morgan fingerprint density at radius 1 is 0.950 bits per heavy atom. The summed E-state index contributed by atoms with van der Waals surface area (Å²) < 4.78 is 33.2. The van der Waals surface area contributed by atoms with Crippen LogP contribution in [-0.4, -0.2) is 107 Å². The number of aliphatic hydroxyl groups excluding tert-OH is 1. The molecule has 1 fully saturated rings. The lowest BCUT2D eigenvalue weighted by Gasteiger charge is -2.35. The summed E-state index contributed by atoms with van der Waals surface area (Å²) in [5.41, 5.74) is 1.19. The molecule has 0 saturated carbocycles. The number of fused-ring (bicyclic) bond motifs is 1. The van der Waals surface area contributed by atoms with Gasteiger partial charge in [-0.3, -0.25) is 14.5 Å². The Morgan fingerprint density at radius 2 is 1.60 bits per heavy atom. The van der Waals surface area contributed by atoms with Crippen molar-refractivity contribution < 1.29 is 43.1 Å². The molecule has 40 heavy (non-hydrogen) atoms. The van der Waals surface area contributed by atoms with Gasteiger partial charge in [-0.25, -0.2) is 0 Å². The van der Waals surface area contributed by atoms with Gasteiger partial charge in [0, 0.05) is 38.8 Å². The zero-order chi connectivity index (χ0) is 28.6. The molecule has 0 spiro atoms. The minimum atomic E-state index is -0.755. The van der Waals surface area contributed by atoms with Crippen molar-refractivity contribution in [3.05, 3.63) is 41.5 Å². The number of hydrogen-bond donors (Lipinski definition) is 1. The van der Waals surface area contributed by atoms with E-state index in [-0.39, 0.29) is 18.3 Å². The van der Waals surface area contributed by atoms with Gasteiger partial charge in [-0.1, -0.05) is 0 Å². The molecule has 11 nitrogen and oxygen atoms in total. The highest BCUT2D eigenvalue weighted by molar-refractivity contribution is 5.98. The normalized spacial score (nSPS) is 16.0. The van der Waals surface area contributed by atoms with Crippen LogP contribution in [0, 0.1) is 0 Å². The third-order valence-electron chi connectivity index (χ3n) is 6.72. The highest BCUT2D eigenvalue weighted by Gasteiger charge is 2.25. The number of β-amino-alcohol motifs (C(OH)–C–C–N with tert-alkyl or cyclic N) is 1. The summed E-state index contributed by atoms with van der Waals surface area (Å²) in [4.78, 5) is 28.5. The number of carbonyl (C=O) groups excluding carboxylic acids is 2. The average molecular weight is 557 g/mol. The summed E-state index contributed by atoms with van der Waals surface area (Å²) in [7, 11) is 4.63. The minimum absolute atomic E-state index is 0.0475. The number of amides is 1. The van der Waals surface area contributed by atoms with E-state index in [0.717, 1.165) is 5.56 Å². The van der Waals surface area contributed by atoms with Crippen LogP contribution < -0.4 is 28.4 Å². The number of ether oxygens (including phenoxy) is 6. The maximum absolute atomic E-state index is 12.8. The largest absolute Gasteiger partial charge is 0.493 e. The zero-order valence-corrected chi connectivity index (χ0v) is 23.3. The molecule has 1 N–H and O–H groups in total. The van der Waals surface area contributed by atoms with Gasteiger partial charge in [-0.2, -0.15) is 0 Å². The standard InChI is InChI=1S/C29H36N2O9/c1-19(32)22-6-7-23(29-27(22)38-13-14-39-29)40-18-21(33)17-30-9-11-31(12-10-30)26(34)8-5-20-15-24(35-2)28(37-4)25(16-20)36-3/h5-8,15-16,21,33H,9-14,17-18H2,1-4H3/b8-5-/t21-/m1/s1. The third kappa shape index (κ3) is 6.78. The summed E-state index contributed by atoms with van der Waals surface area (Å²) >= 11 is 0. The summed E-state index contributed by atoms with van der Waals surface area (Å²) in [6, 6.07) is 6.86. The van der Waals surface area contributed by atoms with Gasteiger partial charge in [0.15, 0.2) is 28.8 Å². The summed E-state index contributed by atoms with van der Waals surface area (Å²) in [5.74, 6) is 2.49. The van der Waals surface area contributed by atoms with Gasteiger partial charge in [0.05, 0.1) is 26.9 Å². The van der Waals surface area contributed by atoms with E-state index in [1.807, 2.05) is 0 Å². The SMILES string of the molecule is COc1cc(/C=C\C(=O)N2CCN(C[C@@H](O)COc3ccc(C(C)=O)c4c3OCCO4)CC2)cc(OC)c1OC. The van der Waals surface area contributed by atoms with Gasteiger partial charge in [0.25, 0.3) is 0 Å². The van der Waals surface area contributed by atoms with Gasteiger partial charge in [-0.05, 0) is 42.8 Å². The molecule has 2 aromatic rings. The zero-order valence-electron chi connectivity index (χ0n) is 23.3. The molecule has 2 aliphatic rings. The first-order valence-electron chi connectivity index (χ1n) is 13.1. The van der Waals surface area contributed by atoms with E-state index >= 15 is 0 Å². The van der Waals surface area contributed by atoms with E-state index < -0.39 is 6.10 Å². The quantitative estimate of drug-likeness (QED) is 0.326. The van der Waals surface area contributed by atoms with Crippen molar-refractivity contribution in [1.29, 1.82) is 0 Å². The molecule has 0 bridgehead atoms. The molecule has 1 amide bonds. The second-order valence-corrected chi connectivity index (χ2v) is 9.41. The number of hydrogen-bond acceptors (Lipinski definition) is 10. The minimum Gasteiger partial charge on any atom is -0.493 e. The Balaban J connectivity index is 1.26. The lowest BCUT2D eigenvalue weighted by atomic mass is 10.1. The van der Waals surface area contributed by atoms with E-state index in [4.69, 9.17) is 28.4 Å². The predicted molar refractivity (Wildman–Crippen MR) is 147 cm³/mol. The molecule has 2 heterocycles. The van der Waals surface area contributed by atoms with E-state index in [1.54, 1.807) is 49.5 Å². The number of aliphatic hydroxyl groups is 1. The van der Waals surface area contributed by atoms with Gasteiger partial charge in [-0.15, -0.1) is 0 Å². The molecule has 1 atom stereocenters. The number of piperazine rings is 1. The van der Waals surface area contributed by atoms with Crippen LogP contribution in [0.15, 0.2) is 30.3 Å². The lowest BCUT2D eigenvalue weighted by molar-refractivity contribution is -0.127. The molecule has 2 aliphatic heterocycles. The van der Waals surface area contributed by atoms with Crippen molar-refractivity contribution in [2.75, 3.05) is 73.9 Å². The first-order chi connectivity index (χ1) is 19.3. The van der Waals surface area contributed by atoms with Crippen LogP contribution in [0.1, 0.15) is 22.8 Å². The molecule has 2 aromatic carbocycles. The maximum Gasteiger partial charge on any atom is 0.246 e. The van der Waals surface area contributed by atoms with Gasteiger partial charge < -0.3 is 38.4 Å². The molecule has 0 radical (unpaired) electrons. The van der Waals surface area contributed by atoms with Crippen molar-refractivity contribution in [3.8, 4) is 34.5 Å². The Hall–Kier alpha value is -3.96. The summed E-state index contributed by atoms with van der Waals surface area (Å²) in [6.07, 6.45) is 2.49. The maximum atomic E-state index is 12.8. The van der Waals surface area contributed by atoms with Crippen LogP contribution in [0.25, 0.3) is 6.08 Å². The Bertz CT molecular complexity index is 1210. The number of nitrogens with zero attached hydrogens (tertiary/aromatic N) is 2. The van der Waals surface area contributed by atoms with Crippen molar-refractivity contribution in [2.24, 2.45) is 0 Å². The van der Waals surface area contributed by atoms with E-state index in [1.165, 1.54) is 20.1 Å². The number of ketones is 1. The predicted octanol–water partition coefficient (Wildman–Crippen LogP) is 2.28. The van der Waals surface area contributed by atoms with Crippen LogP contribution in [0.2, 0.25) is 0 Å². The van der Waals surface area contributed by atoms with Crippen LogP contribution in [0.3, 0.4) is 0 Å². The number of benzene rings is 2. The Labute approximate surface area is 233 Å². The van der Waals surface area contributed by atoms with Crippen LogP contribution >= 0.6 is 0 Å². The van der Waals surface area contributed by atoms with E-state index in [2.05, 4.69) is 4.90 Å². The monoisotopic (exact) mass is 556 g/mol. The Kier molecular flexibility index (Phi) is 9.73. The van der Waals surface area contributed by atoms with Gasteiger partial charge in [0.2, 0.25) is 17.4 Å². The van der Waals surface area contributed by atoms with E-state index in [0.29, 0.717) is 86.0 Å². The number of carbonyl (C=O) groups is 2. The fourth-order valence-electron chi connectivity index (χ4n) is 4.66. The summed E-state index contributed by atoms with van der Waals surface area (Å²) in [6.45, 7) is 4.95. The molecule has 0 unspecified atom stereocenters. The molecule has 11 heteroatoms. The van der Waals surface area contributed by atoms with Crippen molar-refractivity contribution in [1.82, 2.24) is 9.80 Å². The first kappa shape index (κ1) is 29.0. The molecular weight excluding hydrogens is 520 g/mol. The van der Waals surface area contributed by atoms with Crippen molar-refractivity contribution in [3.63, 3.8) is 0 Å². The van der Waals surface area contributed by atoms with Gasteiger partial charge >= 0.3 is 0 Å². The van der Waals surface area contributed by atoms with Crippen molar-refractivity contribution >= 4 is 17.8 Å². The van der Waals surface area contributed by atoms with Crippen LogP contribution in [0.5, 0.6) is 34.5 Å². The highest BCUT2D eigenvalue weighted by Crippen LogP contribution is 2.42. The fraction of sp³-hybridized carbons (Fsp3) is 0.448. The molecule has 216 valence electrons. The van der Waals surface area contributed by atoms with Crippen molar-refractivity contribution in [2.45, 2.75) is 13.0 Å². The summed E-state index contributed by atoms with van der Waals surface area (Å²) in [5, 5.41) is 10.6. The van der Waals surface area contributed by atoms with E-state index in [9.17, 15) is 14.7 Å². The molecule has 4 rings (SSSR count). The first-order valence-corrected chi connectivity index (χ1v) is 13.1. The fourth-order valence-corrected chi connectivity index (χ4v) is 4.66. The van der Waals surface area contributed by atoms with Crippen LogP contribution in [0.4, 0.5) is 0 Å².